The molecular formula is C102H93Ir3N9O3-6. The van der Waals surface area contributed by atoms with Crippen molar-refractivity contribution in [1.29, 1.82) is 0 Å². The number of nitrogens with zero attached hydrogens (tertiary/aromatic N) is 9. The van der Waals surface area contributed by atoms with E-state index in [1.807, 2.05) is 160 Å². The number of rotatable bonds is 12. The Labute approximate surface area is 761 Å². The molecule has 18 rings (SSSR count). The maximum atomic E-state index is 8.44. The second kappa shape index (κ2) is 41.2. The van der Waals surface area contributed by atoms with Crippen LogP contribution in [0.2, 0.25) is 0 Å². The van der Waals surface area contributed by atoms with E-state index in [9.17, 15) is 0 Å². The van der Waals surface area contributed by atoms with E-state index in [0.717, 1.165) is 88.7 Å². The molecule has 6 aromatic carbocycles. The minimum atomic E-state index is -2.65. The third-order valence-corrected chi connectivity index (χ3v) is 18.3. The van der Waals surface area contributed by atoms with Crippen LogP contribution in [0.3, 0.4) is 0 Å². The zero-order chi connectivity index (χ0) is 101. The number of hydrogen-bond acceptors (Lipinski definition) is 12. The van der Waals surface area contributed by atoms with Crippen LogP contribution in [0.15, 0.2) is 251 Å². The molecule has 0 amide bonds. The van der Waals surface area contributed by atoms with Crippen LogP contribution < -0.4 is 0 Å². The molecule has 0 aliphatic heterocycles. The first-order chi connectivity index (χ1) is 64.4. The van der Waals surface area contributed by atoms with Gasteiger partial charge in [0.15, 0.2) is 0 Å². The number of furan rings is 3. The van der Waals surface area contributed by atoms with E-state index < -0.39 is 71.1 Å². The van der Waals surface area contributed by atoms with Crippen molar-refractivity contribution in [1.82, 2.24) is 44.9 Å². The first kappa shape index (κ1) is 60.5. The van der Waals surface area contributed by atoms with E-state index in [2.05, 4.69) is 81.3 Å². The Morgan fingerprint density at radius 2 is 0.726 bits per heavy atom. The molecule has 597 valence electrons. The SMILES string of the molecule is [2H]C([2H])(C)c1cc(-c2[c-]ccc3c2oc2nc(C)ccc23)ncc1C([2H])(C)C([2H])([2H])[2H].[2H]C([2H])(C)c1cc(-c2[c-]ccc3c2oc2nc(C)ccc23)ncc1C([2H])(C)C([2H])([2H])[2H].[2H]C([2H])(C)c1cc(-c2[c-]ccc3c2oc2nc(C)ccc23)ncc1C([2H])(C)C([2H])([2H])[2H].[2H]C([2H])([2H])c1ccc(-c2[c-]cccc2)nc1.[2H]C([2H])([2H])c1cnc(-c2[c-]cccc2)cc1C.[Ir].[Ir].[Ir].[c-]1ccccc1-c1ccccn1. The average molecular weight is 2090 g/mol. The Bertz CT molecular complexity index is 6890. The fourth-order valence-electron chi connectivity index (χ4n) is 12.4. The monoisotopic (exact) mass is 2090 g/mol. The second-order valence-electron chi connectivity index (χ2n) is 26.3. The molecule has 3 unspecified atom stereocenters. The Balaban J connectivity index is 0.000000179. The van der Waals surface area contributed by atoms with E-state index in [-0.39, 0.29) is 99.3 Å². The summed E-state index contributed by atoms with van der Waals surface area (Å²) in [6.45, 7) is 3.05. The first-order valence-electron chi connectivity index (χ1n) is 48.4. The maximum Gasteiger partial charge on any atom is 0.216 e. The van der Waals surface area contributed by atoms with Crippen molar-refractivity contribution in [2.45, 2.75) is 140 Å². The van der Waals surface area contributed by atoms with Gasteiger partial charge in [-0.2, -0.15) is 0 Å². The van der Waals surface area contributed by atoms with Crippen molar-refractivity contribution in [2.75, 3.05) is 0 Å². The van der Waals surface area contributed by atoms with Gasteiger partial charge in [0.1, 0.15) is 0 Å². The summed E-state index contributed by atoms with van der Waals surface area (Å²) in [6.07, 6.45) is 2.79. The van der Waals surface area contributed by atoms with Gasteiger partial charge in [-0.3, -0.25) is 0 Å². The van der Waals surface area contributed by atoms with E-state index in [0.29, 0.717) is 73.2 Å². The van der Waals surface area contributed by atoms with Crippen molar-refractivity contribution in [2.24, 2.45) is 0 Å². The van der Waals surface area contributed by atoms with Crippen LogP contribution >= 0.6 is 0 Å². The van der Waals surface area contributed by atoms with Gasteiger partial charge in [-0.25, -0.2) is 15.0 Å². The summed E-state index contributed by atoms with van der Waals surface area (Å²) < 4.78 is 206. The predicted molar refractivity (Wildman–Crippen MR) is 465 cm³/mol. The van der Waals surface area contributed by atoms with Gasteiger partial charge in [0, 0.05) is 164 Å². The summed E-state index contributed by atoms with van der Waals surface area (Å²) >= 11 is 0. The zero-order valence-corrected chi connectivity index (χ0v) is 72.5. The standard InChI is InChI=1S/3C22H21N2O.C13H12N.C12H10N.C11H8N.3Ir/c3*1-5-15-11-20(23-12-19(15)13(2)3)18-8-6-7-16-17-10-9-14(4)24-22(17)25-21(16)18;1-10-8-13(14-9-11(10)2)12-6-4-3-5-7-12;1-10-7-8-12(13-9-10)11-5-3-2-4-6-11;1-2-6-10(7-3-1)11-8-4-5-9-12-11;;;/h3*6-7,9-13H,5H2,1-4H3;3-6,8-9H,1-2H3;2-5,7-9H,1H3;1-6,8-9H;;;/q6*-1;;;/i3*2D3,5D2,13D;2D3;1D3;;;;. The Morgan fingerprint density at radius 3 is 1.05 bits per heavy atom. The van der Waals surface area contributed by atoms with Crippen molar-refractivity contribution in [3.8, 4) is 67.5 Å². The van der Waals surface area contributed by atoms with Crippen LogP contribution in [0.4, 0.5) is 0 Å². The van der Waals surface area contributed by atoms with Gasteiger partial charge in [-0.1, -0.05) is 166 Å². The molecule has 0 saturated carbocycles. The van der Waals surface area contributed by atoms with Crippen LogP contribution in [0.1, 0.15) is 180 Å². The van der Waals surface area contributed by atoms with Crippen molar-refractivity contribution >= 4 is 66.2 Å². The Kier molecular flexibility index (Phi) is 21.3. The summed E-state index contributed by atoms with van der Waals surface area (Å²) in [4.78, 5) is 39.0. The predicted octanol–water partition coefficient (Wildman–Crippen LogP) is 26.1. The van der Waals surface area contributed by atoms with Gasteiger partial charge < -0.3 is 43.2 Å². The van der Waals surface area contributed by atoms with Crippen LogP contribution in [0.5, 0.6) is 0 Å². The van der Waals surface area contributed by atoms with Crippen LogP contribution in [0.25, 0.3) is 134 Å². The van der Waals surface area contributed by atoms with E-state index in [4.69, 9.17) is 46.1 Å². The van der Waals surface area contributed by atoms with Gasteiger partial charge in [0.2, 0.25) is 17.1 Å². The molecule has 3 radical (unpaired) electrons. The van der Waals surface area contributed by atoms with E-state index in [1.165, 1.54) is 90.7 Å². The fourth-order valence-corrected chi connectivity index (χ4v) is 12.4. The van der Waals surface area contributed by atoms with Gasteiger partial charge in [-0.15, -0.1) is 162 Å². The van der Waals surface area contributed by atoms with Gasteiger partial charge in [-0.05, 0) is 183 Å². The van der Waals surface area contributed by atoms with Crippen LogP contribution in [-0.4, -0.2) is 44.9 Å². The smallest absolute Gasteiger partial charge is 0.216 e. The first-order valence-corrected chi connectivity index (χ1v) is 36.4. The fraction of sp³-hybridized carbons (Fsp3) is 0.206. The summed E-state index contributed by atoms with van der Waals surface area (Å²) in [5, 5.41) is 5.03. The minimum Gasteiger partial charge on any atom is -0.486 e. The van der Waals surface area contributed by atoms with E-state index >= 15 is 0 Å². The Morgan fingerprint density at radius 1 is 0.350 bits per heavy atom. The maximum absolute atomic E-state index is 8.44. The molecule has 12 nitrogen and oxygen atoms in total. The molecule has 12 aromatic heterocycles. The molecule has 0 aliphatic carbocycles. The molecule has 117 heavy (non-hydrogen) atoms. The number of aryl methyl sites for hydroxylation is 9. The van der Waals surface area contributed by atoms with Gasteiger partial charge in [0.25, 0.3) is 0 Å². The molecule has 3 atom stereocenters. The number of hydrogen-bond donors (Lipinski definition) is 0. The molecule has 0 N–H and O–H groups in total. The molecule has 0 fully saturated rings. The summed E-state index contributed by atoms with van der Waals surface area (Å²) in [5.41, 5.74) is 15.0. The molecule has 18 aromatic rings. The van der Waals surface area contributed by atoms with Crippen molar-refractivity contribution in [3.63, 3.8) is 0 Å². The van der Waals surface area contributed by atoms with Crippen LogP contribution in [0, 0.1) is 77.8 Å². The molecular weight excluding hydrogens is 1980 g/mol. The Hall–Kier alpha value is -11.0. The number of fused-ring (bicyclic) bond motifs is 9. The normalized spacial score (nSPS) is 16.3. The minimum absolute atomic E-state index is 0. The molecule has 0 bridgehead atoms. The number of pyridine rings is 9. The number of aromatic nitrogens is 9. The topological polar surface area (TPSA) is 155 Å². The summed E-state index contributed by atoms with van der Waals surface area (Å²) in [6, 6.07) is 79.0. The zero-order valence-electron chi connectivity index (χ0n) is 89.3. The summed E-state index contributed by atoms with van der Waals surface area (Å²) in [7, 11) is 0. The van der Waals surface area contributed by atoms with E-state index in [1.54, 1.807) is 55.6 Å². The third kappa shape index (κ3) is 21.1. The summed E-state index contributed by atoms with van der Waals surface area (Å²) in [5.74, 6) is -6.06. The van der Waals surface area contributed by atoms with Crippen molar-refractivity contribution < 1.29 is 106 Å². The molecule has 15 heteroatoms. The second-order valence-corrected chi connectivity index (χ2v) is 26.3. The molecule has 0 saturated heterocycles. The van der Waals surface area contributed by atoms with Crippen LogP contribution in [-0.2, 0) is 79.4 Å². The van der Waals surface area contributed by atoms with Gasteiger partial charge in [0.05, 0.1) is 16.7 Å². The molecule has 12 heterocycles. The quantitative estimate of drug-likeness (QED) is 0.107. The number of benzene rings is 6. The van der Waals surface area contributed by atoms with Gasteiger partial charge >= 0.3 is 0 Å². The third-order valence-electron chi connectivity index (χ3n) is 18.3. The largest absolute Gasteiger partial charge is 0.486 e. The molecule has 0 aliphatic rings. The average Bonchev–Trinajstić information content (AvgIpc) is 0.880. The van der Waals surface area contributed by atoms with Crippen molar-refractivity contribution in [3.05, 3.63) is 341 Å². The molecule has 0 spiro atoms.